The molecule has 2 unspecified atom stereocenters. The van der Waals surface area contributed by atoms with Crippen molar-refractivity contribution in [1.82, 2.24) is 0 Å². The van der Waals surface area contributed by atoms with Crippen molar-refractivity contribution in [1.29, 1.82) is 0 Å². The Morgan fingerprint density at radius 1 is 0.949 bits per heavy atom. The fraction of sp³-hybridized carbons (Fsp3) is 0.161. The van der Waals surface area contributed by atoms with E-state index in [-0.39, 0.29) is 22.3 Å². The number of carboxylic acids is 1. The number of hydrogen-bond donors (Lipinski definition) is 2. The number of fused-ring (bicyclic) bond motifs is 2. The number of sulfone groups is 1. The lowest BCUT2D eigenvalue weighted by molar-refractivity contribution is -0.118. The zero-order valence-electron chi connectivity index (χ0n) is 21.2. The third-order valence-corrected chi connectivity index (χ3v) is 9.35. The number of carbonyl (C=O) groups excluding carboxylic acids is 1. The van der Waals surface area contributed by atoms with Crippen molar-refractivity contribution < 1.29 is 23.1 Å². The van der Waals surface area contributed by atoms with E-state index in [1.165, 1.54) is 6.26 Å². The van der Waals surface area contributed by atoms with Crippen molar-refractivity contribution in [2.24, 2.45) is 0 Å². The SMILES string of the molecule is Cc1ccc(C2CC23C(=O)Nc2cc(Cl)c(-c4ccc(-c5ccc(S(C)(=O)=O)cc5)cc4)cc23)cc1C(=O)O. The lowest BCUT2D eigenvalue weighted by Gasteiger charge is -2.13. The summed E-state index contributed by atoms with van der Waals surface area (Å²) in [6.45, 7) is 1.76. The molecule has 8 heteroatoms. The van der Waals surface area contributed by atoms with Gasteiger partial charge in [0.2, 0.25) is 5.91 Å². The van der Waals surface area contributed by atoms with Gasteiger partial charge in [0.1, 0.15) is 0 Å². The second kappa shape index (κ2) is 8.79. The maximum Gasteiger partial charge on any atom is 0.335 e. The molecule has 1 spiro atoms. The number of amides is 1. The highest BCUT2D eigenvalue weighted by Crippen LogP contribution is 2.65. The van der Waals surface area contributed by atoms with Crippen LogP contribution in [0.4, 0.5) is 5.69 Å². The van der Waals surface area contributed by atoms with Gasteiger partial charge in [0.25, 0.3) is 0 Å². The summed E-state index contributed by atoms with van der Waals surface area (Å²) in [7, 11) is -3.26. The van der Waals surface area contributed by atoms with Crippen LogP contribution in [0.1, 0.15) is 39.4 Å². The van der Waals surface area contributed by atoms with E-state index in [0.717, 1.165) is 33.4 Å². The highest BCUT2D eigenvalue weighted by Gasteiger charge is 2.65. The number of halogens is 1. The summed E-state index contributed by atoms with van der Waals surface area (Å²) in [5.74, 6) is -1.20. The second-order valence-corrected chi connectivity index (χ2v) is 12.7. The monoisotopic (exact) mass is 557 g/mol. The molecule has 196 valence electrons. The van der Waals surface area contributed by atoms with Gasteiger partial charge < -0.3 is 10.4 Å². The number of hydrogen-bond acceptors (Lipinski definition) is 4. The fourth-order valence-electron chi connectivity index (χ4n) is 5.66. The Morgan fingerprint density at radius 2 is 1.56 bits per heavy atom. The fourth-order valence-corrected chi connectivity index (χ4v) is 6.56. The Labute approximate surface area is 231 Å². The van der Waals surface area contributed by atoms with Gasteiger partial charge in [0.15, 0.2) is 9.84 Å². The zero-order valence-corrected chi connectivity index (χ0v) is 22.7. The zero-order chi connectivity index (χ0) is 27.7. The van der Waals surface area contributed by atoms with E-state index in [2.05, 4.69) is 5.32 Å². The van der Waals surface area contributed by atoms with Crippen LogP contribution in [0.5, 0.6) is 0 Å². The number of benzene rings is 4. The molecule has 0 bridgehead atoms. The summed E-state index contributed by atoms with van der Waals surface area (Å²) in [5.41, 5.74) is 6.07. The largest absolute Gasteiger partial charge is 0.478 e. The minimum absolute atomic E-state index is 0.0962. The summed E-state index contributed by atoms with van der Waals surface area (Å²) < 4.78 is 23.5. The standard InChI is InChI=1S/C31H24ClNO5S/c1-17-3-4-21(13-23(17)29(34)35)26-16-31(26)25-14-24(27(32)15-28(25)33-30(31)36)20-7-5-18(6-8-20)19-9-11-22(12-10-19)39(2,37)38/h3-15,26H,16H2,1-2H3,(H,33,36)(H,34,35). The average molecular weight is 558 g/mol. The Bertz CT molecular complexity index is 1800. The van der Waals surface area contributed by atoms with E-state index in [0.29, 0.717) is 22.7 Å². The predicted molar refractivity (Wildman–Crippen MR) is 151 cm³/mol. The topological polar surface area (TPSA) is 101 Å². The third kappa shape index (κ3) is 4.13. The molecule has 2 N–H and O–H groups in total. The van der Waals surface area contributed by atoms with Gasteiger partial charge in [-0.25, -0.2) is 13.2 Å². The first-order valence-electron chi connectivity index (χ1n) is 12.4. The van der Waals surface area contributed by atoms with Gasteiger partial charge in [0.05, 0.1) is 20.9 Å². The van der Waals surface area contributed by atoms with E-state index in [4.69, 9.17) is 11.6 Å². The lowest BCUT2D eigenvalue weighted by Crippen LogP contribution is -2.21. The molecule has 6 rings (SSSR count). The van der Waals surface area contributed by atoms with Crippen LogP contribution in [-0.4, -0.2) is 31.7 Å². The number of aromatic carboxylic acids is 1. The van der Waals surface area contributed by atoms with Crippen molar-refractivity contribution in [3.8, 4) is 22.3 Å². The first kappa shape index (κ1) is 25.3. The van der Waals surface area contributed by atoms with Gasteiger partial charge in [-0.1, -0.05) is 60.1 Å². The first-order chi connectivity index (χ1) is 18.5. The van der Waals surface area contributed by atoms with E-state index >= 15 is 0 Å². The molecule has 1 saturated carbocycles. The van der Waals surface area contributed by atoms with Crippen molar-refractivity contribution in [2.75, 3.05) is 11.6 Å². The van der Waals surface area contributed by atoms with Crippen LogP contribution in [0.15, 0.2) is 83.8 Å². The Morgan fingerprint density at radius 3 is 2.18 bits per heavy atom. The molecular weight excluding hydrogens is 534 g/mol. The molecule has 1 aliphatic heterocycles. The normalized spacial score (nSPS) is 19.6. The molecule has 39 heavy (non-hydrogen) atoms. The highest BCUT2D eigenvalue weighted by atomic mass is 35.5. The Hall–Kier alpha value is -3.94. The summed E-state index contributed by atoms with van der Waals surface area (Å²) in [6, 6.07) is 23.7. The molecule has 1 aliphatic carbocycles. The second-order valence-electron chi connectivity index (χ2n) is 10.3. The van der Waals surface area contributed by atoms with Crippen LogP contribution < -0.4 is 5.32 Å². The van der Waals surface area contributed by atoms with E-state index < -0.39 is 21.2 Å². The van der Waals surface area contributed by atoms with Gasteiger partial charge in [0, 0.05) is 23.4 Å². The van der Waals surface area contributed by atoms with Crippen LogP contribution in [0.2, 0.25) is 5.02 Å². The van der Waals surface area contributed by atoms with Gasteiger partial charge in [-0.3, -0.25) is 4.79 Å². The third-order valence-electron chi connectivity index (χ3n) is 7.91. The first-order valence-corrected chi connectivity index (χ1v) is 14.7. The number of carboxylic acid groups (broad SMARTS) is 1. The molecule has 0 radical (unpaired) electrons. The maximum absolute atomic E-state index is 13.2. The smallest absolute Gasteiger partial charge is 0.335 e. The van der Waals surface area contributed by atoms with Crippen molar-refractivity contribution in [2.45, 2.75) is 29.6 Å². The van der Waals surface area contributed by atoms with Crippen LogP contribution in [-0.2, 0) is 20.0 Å². The van der Waals surface area contributed by atoms with Crippen molar-refractivity contribution in [3.63, 3.8) is 0 Å². The Kier molecular flexibility index (Phi) is 5.72. The summed E-state index contributed by atoms with van der Waals surface area (Å²) in [5, 5.41) is 13.1. The number of aryl methyl sites for hydroxylation is 1. The van der Waals surface area contributed by atoms with E-state index in [1.54, 1.807) is 49.4 Å². The number of rotatable bonds is 5. The lowest BCUT2D eigenvalue weighted by atomic mass is 9.89. The molecule has 2 aliphatic rings. The summed E-state index contributed by atoms with van der Waals surface area (Å²) >= 11 is 6.67. The van der Waals surface area contributed by atoms with Gasteiger partial charge in [-0.05, 0) is 77.1 Å². The van der Waals surface area contributed by atoms with Gasteiger partial charge >= 0.3 is 5.97 Å². The predicted octanol–water partition coefficient (Wildman–Crippen LogP) is 6.46. The van der Waals surface area contributed by atoms with Crippen molar-refractivity contribution >= 4 is 39.0 Å². The Balaban J connectivity index is 1.34. The quantitative estimate of drug-likeness (QED) is 0.293. The average Bonchev–Trinajstić information content (AvgIpc) is 3.59. The highest BCUT2D eigenvalue weighted by molar-refractivity contribution is 7.90. The molecule has 0 aromatic heterocycles. The number of nitrogens with one attached hydrogen (secondary N) is 1. The molecule has 1 fully saturated rings. The van der Waals surface area contributed by atoms with Crippen molar-refractivity contribution in [3.05, 3.63) is 106 Å². The molecule has 4 aromatic rings. The number of anilines is 1. The van der Waals surface area contributed by atoms with E-state index in [9.17, 15) is 23.1 Å². The molecule has 2 atom stereocenters. The molecule has 6 nitrogen and oxygen atoms in total. The van der Waals surface area contributed by atoms with Crippen LogP contribution >= 0.6 is 11.6 Å². The summed E-state index contributed by atoms with van der Waals surface area (Å²) in [4.78, 5) is 25.2. The van der Waals surface area contributed by atoms with Gasteiger partial charge in [-0.2, -0.15) is 0 Å². The summed E-state index contributed by atoms with van der Waals surface area (Å²) in [6.07, 6.45) is 1.78. The van der Waals surface area contributed by atoms with Crippen LogP contribution in [0.3, 0.4) is 0 Å². The molecule has 1 amide bonds. The molecule has 4 aromatic carbocycles. The molecule has 1 heterocycles. The molecule has 0 saturated heterocycles. The maximum atomic E-state index is 13.2. The van der Waals surface area contributed by atoms with Crippen LogP contribution in [0, 0.1) is 6.92 Å². The number of carbonyl (C=O) groups is 2. The molecular formula is C31H24ClNO5S. The minimum Gasteiger partial charge on any atom is -0.478 e. The minimum atomic E-state index is -3.26. The van der Waals surface area contributed by atoms with E-state index in [1.807, 2.05) is 36.4 Å². The van der Waals surface area contributed by atoms with Crippen LogP contribution in [0.25, 0.3) is 22.3 Å². The van der Waals surface area contributed by atoms with Gasteiger partial charge in [-0.15, -0.1) is 0 Å².